The number of ether oxygens (including phenoxy) is 1. The molecule has 10 nitrogen and oxygen atoms in total. The molecule has 170 valence electrons. The normalized spacial score (nSPS) is 21.9. The monoisotopic (exact) mass is 458 g/mol. The summed E-state index contributed by atoms with van der Waals surface area (Å²) in [7, 11) is -3.12. The van der Waals surface area contributed by atoms with Gasteiger partial charge in [-0.25, -0.2) is 13.4 Å². The number of nitrogens with zero attached hydrogens (tertiary/aromatic N) is 3. The second kappa shape index (κ2) is 8.90. The highest BCUT2D eigenvalue weighted by Crippen LogP contribution is 2.28. The van der Waals surface area contributed by atoms with Crippen molar-refractivity contribution in [2.45, 2.75) is 31.4 Å². The lowest BCUT2D eigenvalue weighted by molar-refractivity contribution is 0.0907. The van der Waals surface area contributed by atoms with Crippen molar-refractivity contribution in [2.75, 3.05) is 41.5 Å². The van der Waals surface area contributed by atoms with E-state index >= 15 is 0 Å². The maximum atomic E-state index is 11.7. The zero-order valence-corrected chi connectivity index (χ0v) is 18.6. The number of hydrogen-bond donors (Lipinski definition) is 4. The first-order valence-corrected chi connectivity index (χ1v) is 12.2. The smallest absolute Gasteiger partial charge is 0.150 e. The molecule has 0 bridgehead atoms. The molecule has 2 aliphatic heterocycles. The molecule has 2 saturated heterocycles. The van der Waals surface area contributed by atoms with Crippen molar-refractivity contribution in [2.24, 2.45) is 0 Å². The molecule has 2 aliphatic rings. The molecule has 4 rings (SSSR count). The summed E-state index contributed by atoms with van der Waals surface area (Å²) in [5.74, 6) is 7.43. The van der Waals surface area contributed by atoms with Gasteiger partial charge in [-0.2, -0.15) is 5.10 Å². The number of hydrogen-bond acceptors (Lipinski definition) is 9. The van der Waals surface area contributed by atoms with Crippen molar-refractivity contribution >= 4 is 33.5 Å². The SMILES string of the molecule is C[C@@H]1COCCN1c1cc(C#CC2(O)CCS(=O)(=O)CC2)c(C=N)c(Nc2ccn[nH]2)n1. The number of anilines is 3. The summed E-state index contributed by atoms with van der Waals surface area (Å²) in [5, 5.41) is 28.7. The molecule has 0 aliphatic carbocycles. The Balaban J connectivity index is 1.75. The summed E-state index contributed by atoms with van der Waals surface area (Å²) in [6.45, 7) is 3.86. The highest BCUT2D eigenvalue weighted by atomic mass is 32.2. The van der Waals surface area contributed by atoms with E-state index in [1.165, 1.54) is 0 Å². The molecule has 0 unspecified atom stereocenters. The van der Waals surface area contributed by atoms with Gasteiger partial charge in [-0.1, -0.05) is 11.8 Å². The number of pyridine rings is 1. The van der Waals surface area contributed by atoms with E-state index in [1.807, 2.05) is 6.92 Å². The highest BCUT2D eigenvalue weighted by molar-refractivity contribution is 7.91. The van der Waals surface area contributed by atoms with Crippen LogP contribution in [0, 0.1) is 17.3 Å². The van der Waals surface area contributed by atoms with Crippen molar-refractivity contribution in [3.05, 3.63) is 29.5 Å². The molecule has 4 heterocycles. The molecule has 11 heteroatoms. The highest BCUT2D eigenvalue weighted by Gasteiger charge is 2.34. The van der Waals surface area contributed by atoms with E-state index in [9.17, 15) is 13.5 Å². The molecule has 0 aromatic carbocycles. The van der Waals surface area contributed by atoms with E-state index in [0.29, 0.717) is 48.3 Å². The van der Waals surface area contributed by atoms with Crippen LogP contribution in [-0.2, 0) is 14.6 Å². The van der Waals surface area contributed by atoms with Gasteiger partial charge in [0.25, 0.3) is 0 Å². The lowest BCUT2D eigenvalue weighted by Gasteiger charge is -2.34. The lowest BCUT2D eigenvalue weighted by atomic mass is 9.96. The average molecular weight is 459 g/mol. The van der Waals surface area contributed by atoms with Crippen LogP contribution in [-0.4, -0.2) is 77.8 Å². The molecule has 0 spiro atoms. The second-order valence-electron chi connectivity index (χ2n) is 8.08. The molecule has 0 saturated carbocycles. The number of rotatable bonds is 4. The lowest BCUT2D eigenvalue weighted by Crippen LogP contribution is -2.44. The summed E-state index contributed by atoms with van der Waals surface area (Å²) in [4.78, 5) is 6.85. The number of morpholine rings is 1. The first kappa shape index (κ1) is 22.3. The van der Waals surface area contributed by atoms with Gasteiger partial charge in [0.2, 0.25) is 0 Å². The Bertz CT molecular complexity index is 1140. The number of sulfone groups is 1. The first-order chi connectivity index (χ1) is 15.3. The van der Waals surface area contributed by atoms with E-state index < -0.39 is 15.4 Å². The zero-order chi connectivity index (χ0) is 22.8. The molecule has 1 atom stereocenters. The van der Waals surface area contributed by atoms with Gasteiger partial charge in [0.1, 0.15) is 23.1 Å². The third-order valence-corrected chi connectivity index (χ3v) is 7.34. The topological polar surface area (TPSA) is 144 Å². The molecule has 2 aromatic rings. The molecular weight excluding hydrogens is 432 g/mol. The second-order valence-corrected chi connectivity index (χ2v) is 10.4. The Morgan fingerprint density at radius 3 is 2.88 bits per heavy atom. The van der Waals surface area contributed by atoms with Gasteiger partial charge in [0.05, 0.1) is 42.5 Å². The summed E-state index contributed by atoms with van der Waals surface area (Å²) < 4.78 is 29.0. The maximum Gasteiger partial charge on any atom is 0.150 e. The maximum absolute atomic E-state index is 11.7. The summed E-state index contributed by atoms with van der Waals surface area (Å²) >= 11 is 0. The van der Waals surface area contributed by atoms with Gasteiger partial charge in [-0.15, -0.1) is 0 Å². The van der Waals surface area contributed by atoms with Crippen LogP contribution in [0.5, 0.6) is 0 Å². The largest absolute Gasteiger partial charge is 0.378 e. The van der Waals surface area contributed by atoms with Crippen molar-refractivity contribution in [1.29, 1.82) is 5.41 Å². The van der Waals surface area contributed by atoms with E-state index in [1.54, 1.807) is 18.3 Å². The van der Waals surface area contributed by atoms with Gasteiger partial charge in [0, 0.05) is 37.2 Å². The molecule has 32 heavy (non-hydrogen) atoms. The molecule has 4 N–H and O–H groups in total. The van der Waals surface area contributed by atoms with Crippen molar-refractivity contribution < 1.29 is 18.3 Å². The van der Waals surface area contributed by atoms with Crippen LogP contribution in [0.1, 0.15) is 30.9 Å². The Morgan fingerprint density at radius 2 is 2.22 bits per heavy atom. The summed E-state index contributed by atoms with van der Waals surface area (Å²) in [6, 6.07) is 3.65. The van der Waals surface area contributed by atoms with Crippen LogP contribution in [0.4, 0.5) is 17.5 Å². The summed E-state index contributed by atoms with van der Waals surface area (Å²) in [6.07, 6.45) is 2.91. The fraction of sp³-hybridized carbons (Fsp3) is 0.476. The zero-order valence-electron chi connectivity index (χ0n) is 17.8. The van der Waals surface area contributed by atoms with Gasteiger partial charge in [-0.3, -0.25) is 5.10 Å². The quantitative estimate of drug-likeness (QED) is 0.393. The van der Waals surface area contributed by atoms with Crippen molar-refractivity contribution in [1.82, 2.24) is 15.2 Å². The van der Waals surface area contributed by atoms with Gasteiger partial charge in [0.15, 0.2) is 9.84 Å². The minimum absolute atomic E-state index is 0.0694. The number of aromatic amines is 1. The Morgan fingerprint density at radius 1 is 1.44 bits per heavy atom. The first-order valence-electron chi connectivity index (χ1n) is 10.4. The predicted molar refractivity (Wildman–Crippen MR) is 121 cm³/mol. The predicted octanol–water partition coefficient (Wildman–Crippen LogP) is 1.06. The number of nitrogens with one attached hydrogen (secondary N) is 3. The van der Waals surface area contributed by atoms with E-state index in [-0.39, 0.29) is 30.4 Å². The van der Waals surface area contributed by atoms with E-state index in [2.05, 4.69) is 32.3 Å². The van der Waals surface area contributed by atoms with Crippen LogP contribution in [0.2, 0.25) is 0 Å². The third kappa shape index (κ3) is 4.93. The molecule has 2 fully saturated rings. The fourth-order valence-corrected chi connectivity index (χ4v) is 5.24. The van der Waals surface area contributed by atoms with Crippen molar-refractivity contribution in [3.8, 4) is 11.8 Å². The van der Waals surface area contributed by atoms with Crippen LogP contribution in [0.3, 0.4) is 0 Å². The van der Waals surface area contributed by atoms with Gasteiger partial charge >= 0.3 is 0 Å². The number of H-pyrrole nitrogens is 1. The third-order valence-electron chi connectivity index (χ3n) is 5.69. The molecule has 0 radical (unpaired) electrons. The minimum atomic E-state index is -3.12. The average Bonchev–Trinajstić information content (AvgIpc) is 3.28. The Hall–Kier alpha value is -2.94. The van der Waals surface area contributed by atoms with Gasteiger partial charge < -0.3 is 25.5 Å². The summed E-state index contributed by atoms with van der Waals surface area (Å²) in [5.41, 5.74) is -0.395. The molecular formula is C21H26N6O4S. The van der Waals surface area contributed by atoms with E-state index in [4.69, 9.17) is 15.1 Å². The van der Waals surface area contributed by atoms with Crippen LogP contribution >= 0.6 is 0 Å². The Labute approximate surface area is 186 Å². The van der Waals surface area contributed by atoms with Gasteiger partial charge in [-0.05, 0) is 13.0 Å². The standard InChI is InChI=1S/C21H26N6O4S/c1-15-14-31-9-8-27(15)19-12-16(2-4-21(28)5-10-32(29,30)11-6-21)17(13-22)20(25-19)24-18-3-7-23-26-18/h3,7,12-13,15,22,28H,5-6,8-11,14H2,1H3,(H2,23,24,25,26)/t15-/m1/s1. The molecule has 2 aromatic heterocycles. The number of aromatic nitrogens is 3. The van der Waals surface area contributed by atoms with E-state index in [0.717, 1.165) is 6.21 Å². The number of aliphatic hydroxyl groups is 1. The van der Waals surface area contributed by atoms with Crippen LogP contribution in [0.15, 0.2) is 18.3 Å². The molecule has 0 amide bonds. The van der Waals surface area contributed by atoms with Crippen molar-refractivity contribution in [3.63, 3.8) is 0 Å². The Kier molecular flexibility index (Phi) is 6.19. The van der Waals surface area contributed by atoms with Crippen LogP contribution in [0.25, 0.3) is 0 Å². The fourth-order valence-electron chi connectivity index (χ4n) is 3.74. The van der Waals surface area contributed by atoms with Crippen LogP contribution < -0.4 is 10.2 Å². The minimum Gasteiger partial charge on any atom is -0.378 e.